The van der Waals surface area contributed by atoms with Gasteiger partial charge in [-0.2, -0.15) is 0 Å². The van der Waals surface area contributed by atoms with Crippen molar-refractivity contribution in [1.82, 2.24) is 15.3 Å². The molecule has 1 heterocycles. The first-order chi connectivity index (χ1) is 9.97. The Kier molecular flexibility index (Phi) is 4.73. The van der Waals surface area contributed by atoms with Gasteiger partial charge in [-0.3, -0.25) is 4.79 Å². The average molecular weight is 286 g/mol. The van der Waals surface area contributed by atoms with Gasteiger partial charge < -0.3 is 10.6 Å². The molecule has 5 heteroatoms. The van der Waals surface area contributed by atoms with Crippen molar-refractivity contribution in [3.05, 3.63) is 30.0 Å². The minimum atomic E-state index is -0.349. The highest BCUT2D eigenvalue weighted by Crippen LogP contribution is 2.16. The summed E-state index contributed by atoms with van der Waals surface area (Å²) in [5, 5.41) is 6.05. The molecule has 0 fully saturated rings. The summed E-state index contributed by atoms with van der Waals surface area (Å²) in [6, 6.07) is 7.35. The van der Waals surface area contributed by atoms with Crippen LogP contribution in [0, 0.1) is 12.8 Å². The topological polar surface area (TPSA) is 66.9 Å². The fourth-order valence-corrected chi connectivity index (χ4v) is 1.95. The highest BCUT2D eigenvalue weighted by Gasteiger charge is 2.15. The van der Waals surface area contributed by atoms with Crippen LogP contribution < -0.4 is 10.6 Å². The van der Waals surface area contributed by atoms with Crippen LogP contribution in [-0.2, 0) is 4.79 Å². The van der Waals surface area contributed by atoms with E-state index in [0.29, 0.717) is 18.3 Å². The first-order valence-corrected chi connectivity index (χ1v) is 7.25. The normalized spacial score (nSPS) is 12.4. The molecule has 2 rings (SSSR count). The number of benzene rings is 1. The van der Waals surface area contributed by atoms with E-state index in [0.717, 1.165) is 16.7 Å². The summed E-state index contributed by atoms with van der Waals surface area (Å²) in [7, 11) is 0. The maximum Gasteiger partial charge on any atom is 0.242 e. The predicted octanol–water partition coefficient (Wildman–Crippen LogP) is 2.51. The van der Waals surface area contributed by atoms with Gasteiger partial charge in [-0.25, -0.2) is 9.97 Å². The molecule has 21 heavy (non-hydrogen) atoms. The number of hydrogen-bond donors (Lipinski definition) is 2. The number of carbonyl (C=O) groups excluding carboxylic acids is 1. The van der Waals surface area contributed by atoms with Gasteiger partial charge in [0.1, 0.15) is 11.9 Å². The lowest BCUT2D eigenvalue weighted by Crippen LogP contribution is -2.39. The Balaban J connectivity index is 2.11. The van der Waals surface area contributed by atoms with Gasteiger partial charge in [0, 0.05) is 6.54 Å². The van der Waals surface area contributed by atoms with Crippen LogP contribution in [0.15, 0.2) is 24.3 Å². The number of fused-ring (bicyclic) bond motifs is 1. The average Bonchev–Trinajstić information content (AvgIpc) is 2.45. The summed E-state index contributed by atoms with van der Waals surface area (Å²) >= 11 is 0. The predicted molar refractivity (Wildman–Crippen MR) is 85.2 cm³/mol. The molecule has 0 saturated heterocycles. The Morgan fingerprint density at radius 2 is 1.76 bits per heavy atom. The number of carbonyl (C=O) groups is 1. The second-order valence-electron chi connectivity index (χ2n) is 5.65. The Morgan fingerprint density at radius 3 is 2.38 bits per heavy atom. The highest BCUT2D eigenvalue weighted by atomic mass is 16.2. The third-order valence-corrected chi connectivity index (χ3v) is 3.18. The van der Waals surface area contributed by atoms with Gasteiger partial charge in [0.2, 0.25) is 5.91 Å². The SMILES string of the molecule is Cc1nc2ccccc2nc1NC(C)C(=O)NCC(C)C. The summed E-state index contributed by atoms with van der Waals surface area (Å²) in [6.45, 7) is 8.52. The monoisotopic (exact) mass is 286 g/mol. The van der Waals surface area contributed by atoms with Crippen LogP contribution in [0.2, 0.25) is 0 Å². The molecule has 0 bridgehead atoms. The van der Waals surface area contributed by atoms with Gasteiger partial charge in [0.25, 0.3) is 0 Å². The van der Waals surface area contributed by atoms with Crippen molar-refractivity contribution in [1.29, 1.82) is 0 Å². The summed E-state index contributed by atoms with van der Waals surface area (Å²) in [5.74, 6) is 1.06. The molecule has 0 aliphatic rings. The van der Waals surface area contributed by atoms with E-state index in [1.165, 1.54) is 0 Å². The zero-order valence-electron chi connectivity index (χ0n) is 13.0. The van der Waals surface area contributed by atoms with Gasteiger partial charge in [0.05, 0.1) is 16.7 Å². The Morgan fingerprint density at radius 1 is 1.14 bits per heavy atom. The van der Waals surface area contributed by atoms with Crippen LogP contribution in [-0.4, -0.2) is 28.5 Å². The summed E-state index contributed by atoms with van der Waals surface area (Å²) in [4.78, 5) is 21.0. The minimum Gasteiger partial charge on any atom is -0.357 e. The number of hydrogen-bond acceptors (Lipinski definition) is 4. The largest absolute Gasteiger partial charge is 0.357 e. The summed E-state index contributed by atoms with van der Waals surface area (Å²) < 4.78 is 0. The number of nitrogens with one attached hydrogen (secondary N) is 2. The fraction of sp³-hybridized carbons (Fsp3) is 0.438. The van der Waals surface area contributed by atoms with E-state index in [2.05, 4.69) is 34.4 Å². The summed E-state index contributed by atoms with van der Waals surface area (Å²) in [6.07, 6.45) is 0. The number of amides is 1. The molecular weight excluding hydrogens is 264 g/mol. The number of aryl methyl sites for hydroxylation is 1. The van der Waals surface area contributed by atoms with Crippen molar-refractivity contribution in [2.24, 2.45) is 5.92 Å². The molecule has 0 radical (unpaired) electrons. The van der Waals surface area contributed by atoms with Crippen molar-refractivity contribution < 1.29 is 4.79 Å². The van der Waals surface area contributed by atoms with Crippen LogP contribution in [0.5, 0.6) is 0 Å². The number of aromatic nitrogens is 2. The molecule has 1 aromatic heterocycles. The fourth-order valence-electron chi connectivity index (χ4n) is 1.95. The van der Waals surface area contributed by atoms with Gasteiger partial charge >= 0.3 is 0 Å². The van der Waals surface area contributed by atoms with Crippen LogP contribution in [0.4, 0.5) is 5.82 Å². The minimum absolute atomic E-state index is 0.0296. The number of rotatable bonds is 5. The molecule has 0 spiro atoms. The van der Waals surface area contributed by atoms with Gasteiger partial charge in [-0.15, -0.1) is 0 Å². The maximum atomic E-state index is 12.0. The van der Waals surface area contributed by atoms with Crippen LogP contribution in [0.3, 0.4) is 0 Å². The van der Waals surface area contributed by atoms with Crippen molar-refractivity contribution in [3.63, 3.8) is 0 Å². The zero-order chi connectivity index (χ0) is 15.4. The Hall–Kier alpha value is -2.17. The molecule has 112 valence electrons. The van der Waals surface area contributed by atoms with Crippen molar-refractivity contribution in [3.8, 4) is 0 Å². The molecule has 0 aliphatic carbocycles. The van der Waals surface area contributed by atoms with Crippen LogP contribution in [0.25, 0.3) is 11.0 Å². The Bertz CT molecular complexity index is 639. The lowest BCUT2D eigenvalue weighted by Gasteiger charge is -2.17. The van der Waals surface area contributed by atoms with E-state index in [9.17, 15) is 4.79 Å². The van der Waals surface area contributed by atoms with Crippen LogP contribution >= 0.6 is 0 Å². The molecule has 0 saturated carbocycles. The van der Waals surface area contributed by atoms with Gasteiger partial charge in [-0.1, -0.05) is 26.0 Å². The van der Waals surface area contributed by atoms with Crippen LogP contribution in [0.1, 0.15) is 26.5 Å². The third-order valence-electron chi connectivity index (χ3n) is 3.18. The lowest BCUT2D eigenvalue weighted by molar-refractivity contribution is -0.121. The van der Waals surface area contributed by atoms with Crippen molar-refractivity contribution >= 4 is 22.8 Å². The maximum absolute atomic E-state index is 12.0. The molecule has 1 unspecified atom stereocenters. The molecule has 1 amide bonds. The van der Waals surface area contributed by atoms with E-state index >= 15 is 0 Å². The third kappa shape index (κ3) is 3.90. The second kappa shape index (κ2) is 6.52. The lowest BCUT2D eigenvalue weighted by atomic mass is 10.2. The number of anilines is 1. The quantitative estimate of drug-likeness (QED) is 0.886. The van der Waals surface area contributed by atoms with E-state index in [1.807, 2.05) is 38.1 Å². The molecule has 2 N–H and O–H groups in total. The number of para-hydroxylation sites is 2. The second-order valence-corrected chi connectivity index (χ2v) is 5.65. The molecule has 5 nitrogen and oxygen atoms in total. The smallest absolute Gasteiger partial charge is 0.242 e. The van der Waals surface area contributed by atoms with Gasteiger partial charge in [-0.05, 0) is 31.9 Å². The van der Waals surface area contributed by atoms with Gasteiger partial charge in [0.15, 0.2) is 0 Å². The zero-order valence-corrected chi connectivity index (χ0v) is 13.0. The number of nitrogens with zero attached hydrogens (tertiary/aromatic N) is 2. The van der Waals surface area contributed by atoms with Crippen molar-refractivity contribution in [2.75, 3.05) is 11.9 Å². The molecule has 1 atom stereocenters. The first-order valence-electron chi connectivity index (χ1n) is 7.25. The van der Waals surface area contributed by atoms with E-state index in [-0.39, 0.29) is 11.9 Å². The summed E-state index contributed by atoms with van der Waals surface area (Å²) in [5.41, 5.74) is 2.47. The molecular formula is C16H22N4O. The Labute approximate surface area is 125 Å². The molecule has 1 aromatic carbocycles. The van der Waals surface area contributed by atoms with E-state index in [1.54, 1.807) is 0 Å². The molecule has 0 aliphatic heterocycles. The first kappa shape index (κ1) is 15.2. The van der Waals surface area contributed by atoms with Crippen molar-refractivity contribution in [2.45, 2.75) is 33.7 Å². The van der Waals surface area contributed by atoms with E-state index in [4.69, 9.17) is 0 Å². The van der Waals surface area contributed by atoms with E-state index < -0.39 is 0 Å². The highest BCUT2D eigenvalue weighted by molar-refractivity contribution is 5.84. The standard InChI is InChI=1S/C16H22N4O/c1-10(2)9-17-16(21)12(4)19-15-11(3)18-13-7-5-6-8-14(13)20-15/h5-8,10,12H,9H2,1-4H3,(H,17,21)(H,19,20). The molecule has 2 aromatic rings.